The first-order valence-electron chi connectivity index (χ1n) is 6.76. The zero-order valence-corrected chi connectivity index (χ0v) is 11.2. The first kappa shape index (κ1) is 12.2. The Morgan fingerprint density at radius 1 is 1.26 bits per heavy atom. The van der Waals surface area contributed by atoms with Gasteiger partial charge < -0.3 is 15.2 Å². The van der Waals surface area contributed by atoms with Crippen molar-refractivity contribution in [3.63, 3.8) is 0 Å². The molecule has 2 aromatic rings. The van der Waals surface area contributed by atoms with Crippen LogP contribution in [-0.2, 0) is 7.05 Å². The summed E-state index contributed by atoms with van der Waals surface area (Å²) in [5, 5.41) is 1.03. The number of piperidine rings is 1. The number of nitrogens with zero attached hydrogens (tertiary/aromatic N) is 2. The quantitative estimate of drug-likeness (QED) is 0.846. The van der Waals surface area contributed by atoms with Gasteiger partial charge >= 0.3 is 0 Å². The molecule has 0 spiro atoms. The normalized spacial score (nSPS) is 17.1. The summed E-state index contributed by atoms with van der Waals surface area (Å²) >= 11 is 0. The number of nitrogens with two attached hydrogens (primary N) is 1. The molecule has 100 valence electrons. The summed E-state index contributed by atoms with van der Waals surface area (Å²) in [6.45, 7) is 1.53. The molecule has 1 saturated heterocycles. The molecule has 1 aliphatic rings. The number of fused-ring (bicyclic) bond motifs is 1. The molecule has 0 aliphatic carbocycles. The van der Waals surface area contributed by atoms with Gasteiger partial charge in [-0.15, -0.1) is 0 Å². The number of carbonyl (C=O) groups excluding carboxylic acids is 1. The molecule has 1 amide bonds. The van der Waals surface area contributed by atoms with Gasteiger partial charge in [-0.05, 0) is 18.9 Å². The third-order valence-corrected chi connectivity index (χ3v) is 3.95. The Bertz CT molecular complexity index is 609. The molecular formula is C15H19N3O. The lowest BCUT2D eigenvalue weighted by Gasteiger charge is -2.30. The maximum Gasteiger partial charge on any atom is 0.256 e. The third kappa shape index (κ3) is 2.12. The van der Waals surface area contributed by atoms with Gasteiger partial charge in [0.2, 0.25) is 0 Å². The van der Waals surface area contributed by atoms with Crippen LogP contribution in [0, 0.1) is 0 Å². The molecule has 2 N–H and O–H groups in total. The van der Waals surface area contributed by atoms with Crippen LogP contribution in [0.3, 0.4) is 0 Å². The van der Waals surface area contributed by atoms with Gasteiger partial charge in [-0.3, -0.25) is 4.79 Å². The molecule has 0 saturated carbocycles. The molecule has 0 unspecified atom stereocenters. The fourth-order valence-electron chi connectivity index (χ4n) is 2.79. The number of para-hydroxylation sites is 1. The largest absolute Gasteiger partial charge is 0.350 e. The lowest BCUT2D eigenvalue weighted by atomic mass is 10.0. The molecule has 1 aliphatic heterocycles. The predicted molar refractivity (Wildman–Crippen MR) is 76.0 cm³/mol. The van der Waals surface area contributed by atoms with Gasteiger partial charge in [0, 0.05) is 43.3 Å². The number of rotatable bonds is 1. The molecule has 1 fully saturated rings. The summed E-state index contributed by atoms with van der Waals surface area (Å²) in [5.41, 5.74) is 7.78. The van der Waals surface area contributed by atoms with Gasteiger partial charge in [0.05, 0.1) is 5.56 Å². The van der Waals surface area contributed by atoms with Crippen LogP contribution in [0.5, 0.6) is 0 Å². The van der Waals surface area contributed by atoms with Gasteiger partial charge in [0.1, 0.15) is 0 Å². The van der Waals surface area contributed by atoms with Crippen molar-refractivity contribution in [3.8, 4) is 0 Å². The minimum atomic E-state index is 0.128. The number of hydrogen-bond acceptors (Lipinski definition) is 2. The third-order valence-electron chi connectivity index (χ3n) is 3.95. The van der Waals surface area contributed by atoms with Crippen molar-refractivity contribution in [2.24, 2.45) is 12.8 Å². The molecule has 4 heteroatoms. The van der Waals surface area contributed by atoms with E-state index >= 15 is 0 Å². The fraction of sp³-hybridized carbons (Fsp3) is 0.400. The first-order valence-corrected chi connectivity index (χ1v) is 6.76. The second-order valence-corrected chi connectivity index (χ2v) is 5.30. The molecule has 0 atom stereocenters. The standard InChI is InChI=1S/C15H19N3O/c1-17-10-13(12-4-2-3-5-14(12)17)15(19)18-8-6-11(16)7-9-18/h2-5,10-11H,6-9,16H2,1H3. The van der Waals surface area contributed by atoms with E-state index < -0.39 is 0 Å². The topological polar surface area (TPSA) is 51.3 Å². The van der Waals surface area contributed by atoms with E-state index in [0.29, 0.717) is 0 Å². The van der Waals surface area contributed by atoms with E-state index in [4.69, 9.17) is 5.73 Å². The lowest BCUT2D eigenvalue weighted by Crippen LogP contribution is -2.42. The van der Waals surface area contributed by atoms with Gasteiger partial charge in [0.15, 0.2) is 0 Å². The second-order valence-electron chi connectivity index (χ2n) is 5.30. The first-order chi connectivity index (χ1) is 9.16. The highest BCUT2D eigenvalue weighted by Crippen LogP contribution is 2.23. The number of benzene rings is 1. The Kier molecular flexibility index (Phi) is 3.03. The highest BCUT2D eigenvalue weighted by atomic mass is 16.2. The highest BCUT2D eigenvalue weighted by Gasteiger charge is 2.23. The lowest BCUT2D eigenvalue weighted by molar-refractivity contribution is 0.0716. The number of carbonyl (C=O) groups is 1. The highest BCUT2D eigenvalue weighted by molar-refractivity contribution is 6.07. The Morgan fingerprint density at radius 2 is 1.95 bits per heavy atom. The molecule has 1 aromatic heterocycles. The summed E-state index contributed by atoms with van der Waals surface area (Å²) in [7, 11) is 1.98. The van der Waals surface area contributed by atoms with Crippen molar-refractivity contribution < 1.29 is 4.79 Å². The molecule has 0 bridgehead atoms. The minimum Gasteiger partial charge on any atom is -0.350 e. The molecular weight excluding hydrogens is 238 g/mol. The van der Waals surface area contributed by atoms with Crippen LogP contribution in [0.25, 0.3) is 10.9 Å². The Balaban J connectivity index is 1.94. The van der Waals surface area contributed by atoms with Gasteiger partial charge in [-0.2, -0.15) is 0 Å². The van der Waals surface area contributed by atoms with Crippen molar-refractivity contribution in [2.75, 3.05) is 13.1 Å². The molecule has 2 heterocycles. The molecule has 19 heavy (non-hydrogen) atoms. The van der Waals surface area contributed by atoms with Crippen LogP contribution in [0.1, 0.15) is 23.2 Å². The monoisotopic (exact) mass is 257 g/mol. The maximum absolute atomic E-state index is 12.6. The van der Waals surface area contributed by atoms with Crippen molar-refractivity contribution in [1.82, 2.24) is 9.47 Å². The number of likely N-dealkylation sites (tertiary alicyclic amines) is 1. The fourth-order valence-corrected chi connectivity index (χ4v) is 2.79. The van der Waals surface area contributed by atoms with E-state index in [9.17, 15) is 4.79 Å². The van der Waals surface area contributed by atoms with Gasteiger partial charge in [0.25, 0.3) is 5.91 Å². The van der Waals surface area contributed by atoms with Crippen molar-refractivity contribution in [2.45, 2.75) is 18.9 Å². The summed E-state index contributed by atoms with van der Waals surface area (Å²) in [6.07, 6.45) is 3.73. The number of aromatic nitrogens is 1. The Labute approximate surface area is 112 Å². The van der Waals surface area contributed by atoms with E-state index in [1.807, 2.05) is 47.0 Å². The van der Waals surface area contributed by atoms with Gasteiger partial charge in [-0.25, -0.2) is 0 Å². The van der Waals surface area contributed by atoms with E-state index in [1.165, 1.54) is 0 Å². The summed E-state index contributed by atoms with van der Waals surface area (Å²) in [6, 6.07) is 8.27. The predicted octanol–water partition coefficient (Wildman–Crippen LogP) is 1.74. The number of hydrogen-bond donors (Lipinski definition) is 1. The van der Waals surface area contributed by atoms with E-state index in [0.717, 1.165) is 42.4 Å². The SMILES string of the molecule is Cn1cc(C(=O)N2CCC(N)CC2)c2ccccc21. The number of aryl methyl sites for hydroxylation is 1. The van der Waals surface area contributed by atoms with E-state index in [-0.39, 0.29) is 11.9 Å². The molecule has 4 nitrogen and oxygen atoms in total. The summed E-state index contributed by atoms with van der Waals surface area (Å²) in [5.74, 6) is 0.128. The average molecular weight is 257 g/mol. The zero-order valence-electron chi connectivity index (χ0n) is 11.2. The van der Waals surface area contributed by atoms with E-state index in [2.05, 4.69) is 0 Å². The summed E-state index contributed by atoms with van der Waals surface area (Å²) in [4.78, 5) is 14.5. The molecule has 1 aromatic carbocycles. The van der Waals surface area contributed by atoms with E-state index in [1.54, 1.807) is 0 Å². The van der Waals surface area contributed by atoms with Crippen molar-refractivity contribution in [3.05, 3.63) is 36.0 Å². The van der Waals surface area contributed by atoms with Crippen LogP contribution in [0.4, 0.5) is 0 Å². The smallest absolute Gasteiger partial charge is 0.256 e. The van der Waals surface area contributed by atoms with Crippen LogP contribution >= 0.6 is 0 Å². The average Bonchev–Trinajstić information content (AvgIpc) is 2.77. The van der Waals surface area contributed by atoms with Crippen molar-refractivity contribution >= 4 is 16.8 Å². The Morgan fingerprint density at radius 3 is 2.68 bits per heavy atom. The summed E-state index contributed by atoms with van der Waals surface area (Å²) < 4.78 is 2.01. The van der Waals surface area contributed by atoms with Crippen molar-refractivity contribution in [1.29, 1.82) is 0 Å². The minimum absolute atomic E-state index is 0.128. The molecule has 3 rings (SSSR count). The van der Waals surface area contributed by atoms with Crippen LogP contribution in [-0.4, -0.2) is 34.5 Å². The van der Waals surface area contributed by atoms with Gasteiger partial charge in [-0.1, -0.05) is 18.2 Å². The van der Waals surface area contributed by atoms with Crippen LogP contribution < -0.4 is 5.73 Å². The number of amides is 1. The zero-order chi connectivity index (χ0) is 13.4. The molecule has 0 radical (unpaired) electrons. The maximum atomic E-state index is 12.6. The van der Waals surface area contributed by atoms with Crippen LogP contribution in [0.15, 0.2) is 30.5 Å². The second kappa shape index (κ2) is 4.70. The Hall–Kier alpha value is -1.81. The van der Waals surface area contributed by atoms with Crippen LogP contribution in [0.2, 0.25) is 0 Å².